The molecule has 4 amide bonds. The van der Waals surface area contributed by atoms with Crippen LogP contribution in [0.25, 0.3) is 0 Å². The van der Waals surface area contributed by atoms with Crippen molar-refractivity contribution < 1.29 is 23.5 Å². The smallest absolute Gasteiger partial charge is 0.320 e. The normalized spacial score (nSPS) is 22.1. The van der Waals surface area contributed by atoms with E-state index in [1.807, 2.05) is 19.1 Å². The molecule has 2 heterocycles. The van der Waals surface area contributed by atoms with Gasteiger partial charge in [0.1, 0.15) is 30.3 Å². The Labute approximate surface area is 223 Å². The highest BCUT2D eigenvalue weighted by atomic mass is 19.1. The fraction of sp³-hybridized carbons (Fsp3) is 0.483. The highest BCUT2D eigenvalue weighted by Crippen LogP contribution is 2.40. The molecule has 2 aliphatic heterocycles. The van der Waals surface area contributed by atoms with Gasteiger partial charge in [-0.3, -0.25) is 14.5 Å². The monoisotopic (exact) mass is 524 g/mol. The van der Waals surface area contributed by atoms with Crippen LogP contribution >= 0.6 is 0 Å². The molecule has 2 aromatic rings. The maximum atomic E-state index is 14.1. The van der Waals surface area contributed by atoms with E-state index in [0.717, 1.165) is 12.0 Å². The van der Waals surface area contributed by atoms with Gasteiger partial charge in [0, 0.05) is 24.8 Å². The van der Waals surface area contributed by atoms with Gasteiger partial charge in [0.05, 0.1) is 5.69 Å². The zero-order valence-corrected chi connectivity index (χ0v) is 22.9. The quantitative estimate of drug-likeness (QED) is 0.606. The lowest BCUT2D eigenvalue weighted by atomic mass is 9.71. The minimum atomic E-state index is -1.11. The first-order valence-electron chi connectivity index (χ1n) is 12.9. The fourth-order valence-corrected chi connectivity index (χ4v) is 5.84. The number of hydrogen-bond acceptors (Lipinski definition) is 4. The lowest BCUT2D eigenvalue weighted by Crippen LogP contribution is -2.57. The molecule has 0 radical (unpaired) electrons. The number of anilines is 2. The number of ether oxygens (including phenoxy) is 1. The number of piperidine rings is 1. The van der Waals surface area contributed by atoms with E-state index in [1.165, 1.54) is 23.1 Å². The van der Waals surface area contributed by atoms with Crippen LogP contribution in [0, 0.1) is 23.6 Å². The SMILES string of the molecule is Cc1cccc(NC(=O)NC2C(=O)N(CC(=O)N3CC(C)(C)CC(C)(C)C3)c3ccc(F)cc3OC2C)c1. The van der Waals surface area contributed by atoms with E-state index in [-0.39, 0.29) is 34.7 Å². The molecule has 0 aliphatic carbocycles. The molecule has 0 spiro atoms. The lowest BCUT2D eigenvalue weighted by Gasteiger charge is -2.47. The van der Waals surface area contributed by atoms with E-state index >= 15 is 0 Å². The molecule has 4 rings (SSSR count). The minimum Gasteiger partial charge on any atom is -0.486 e. The van der Waals surface area contributed by atoms with Crippen molar-refractivity contribution in [3.8, 4) is 5.75 Å². The van der Waals surface area contributed by atoms with Crippen LogP contribution in [0.2, 0.25) is 0 Å². The van der Waals surface area contributed by atoms with Crippen LogP contribution in [-0.2, 0) is 9.59 Å². The molecule has 2 atom stereocenters. The Morgan fingerprint density at radius 2 is 1.76 bits per heavy atom. The standard InChI is InChI=1S/C29H37FN4O4/c1-18-8-7-9-21(12-18)31-27(37)32-25-19(2)38-23-13-20(30)10-11-22(23)34(26(25)36)14-24(35)33-16-28(3,4)15-29(5,6)17-33/h7-13,19,25H,14-17H2,1-6H3,(H2,31,32,37). The summed E-state index contributed by atoms with van der Waals surface area (Å²) in [5, 5.41) is 5.44. The zero-order chi connectivity index (χ0) is 27.8. The average molecular weight is 525 g/mol. The van der Waals surface area contributed by atoms with Crippen molar-refractivity contribution in [2.45, 2.75) is 60.1 Å². The third-order valence-electron chi connectivity index (χ3n) is 6.93. The number of likely N-dealkylation sites (tertiary alicyclic amines) is 1. The van der Waals surface area contributed by atoms with Crippen molar-refractivity contribution >= 4 is 29.2 Å². The summed E-state index contributed by atoms with van der Waals surface area (Å²) in [6.07, 6.45) is 0.154. The van der Waals surface area contributed by atoms with E-state index in [2.05, 4.69) is 38.3 Å². The Balaban J connectivity index is 1.60. The van der Waals surface area contributed by atoms with E-state index < -0.39 is 29.9 Å². The third kappa shape index (κ3) is 6.26. The topological polar surface area (TPSA) is 91.0 Å². The number of benzene rings is 2. The molecule has 1 saturated heterocycles. The molecule has 2 aliphatic rings. The Morgan fingerprint density at radius 3 is 2.42 bits per heavy atom. The number of halogens is 1. The molecule has 1 fully saturated rings. The molecule has 0 bridgehead atoms. The number of urea groups is 1. The number of amides is 4. The molecule has 2 aromatic carbocycles. The van der Waals surface area contributed by atoms with Gasteiger partial charge in [-0.1, -0.05) is 39.8 Å². The van der Waals surface area contributed by atoms with Crippen molar-refractivity contribution in [3.05, 3.63) is 53.8 Å². The Hall–Kier alpha value is -3.62. The van der Waals surface area contributed by atoms with Gasteiger partial charge in [0.25, 0.3) is 5.91 Å². The van der Waals surface area contributed by atoms with Gasteiger partial charge < -0.3 is 20.3 Å². The second-order valence-corrected chi connectivity index (χ2v) is 12.1. The van der Waals surface area contributed by atoms with Crippen LogP contribution in [0.15, 0.2) is 42.5 Å². The maximum Gasteiger partial charge on any atom is 0.320 e. The van der Waals surface area contributed by atoms with Crippen LogP contribution in [0.3, 0.4) is 0 Å². The summed E-state index contributed by atoms with van der Waals surface area (Å²) in [6, 6.07) is 9.42. The Kier molecular flexibility index (Phi) is 7.41. The van der Waals surface area contributed by atoms with Gasteiger partial charge >= 0.3 is 6.03 Å². The molecule has 38 heavy (non-hydrogen) atoms. The number of carbonyl (C=O) groups is 3. The Bertz CT molecular complexity index is 1230. The van der Waals surface area contributed by atoms with Crippen molar-refractivity contribution in [2.24, 2.45) is 10.8 Å². The first-order chi connectivity index (χ1) is 17.7. The summed E-state index contributed by atoms with van der Waals surface area (Å²) in [5.41, 5.74) is 1.69. The first kappa shape index (κ1) is 27.4. The van der Waals surface area contributed by atoms with Crippen molar-refractivity contribution in [3.63, 3.8) is 0 Å². The molecule has 8 nitrogen and oxygen atoms in total. The van der Waals surface area contributed by atoms with Crippen LogP contribution in [0.5, 0.6) is 5.75 Å². The average Bonchev–Trinajstić information content (AvgIpc) is 2.87. The van der Waals surface area contributed by atoms with Gasteiger partial charge in [-0.15, -0.1) is 0 Å². The molecule has 0 saturated carbocycles. The summed E-state index contributed by atoms with van der Waals surface area (Å²) >= 11 is 0. The molecule has 2 unspecified atom stereocenters. The number of carbonyl (C=O) groups excluding carboxylic acids is 3. The predicted octanol–water partition coefficient (Wildman–Crippen LogP) is 4.72. The molecular weight excluding hydrogens is 487 g/mol. The summed E-state index contributed by atoms with van der Waals surface area (Å²) < 4.78 is 20.1. The zero-order valence-electron chi connectivity index (χ0n) is 22.9. The fourth-order valence-electron chi connectivity index (χ4n) is 5.84. The molecule has 0 aromatic heterocycles. The minimum absolute atomic E-state index is 0.0726. The predicted molar refractivity (Wildman–Crippen MR) is 145 cm³/mol. The van der Waals surface area contributed by atoms with Crippen LogP contribution in [-0.4, -0.2) is 54.5 Å². The highest BCUT2D eigenvalue weighted by molar-refractivity contribution is 6.05. The van der Waals surface area contributed by atoms with E-state index in [4.69, 9.17) is 4.74 Å². The molecular formula is C29H37FN4O4. The second kappa shape index (κ2) is 10.3. The largest absolute Gasteiger partial charge is 0.486 e. The highest BCUT2D eigenvalue weighted by Gasteiger charge is 2.42. The van der Waals surface area contributed by atoms with Crippen molar-refractivity contribution in [2.75, 3.05) is 29.9 Å². The molecule has 9 heteroatoms. The third-order valence-corrected chi connectivity index (χ3v) is 6.93. The summed E-state index contributed by atoms with van der Waals surface area (Å²) in [5.74, 6) is -1.11. The summed E-state index contributed by atoms with van der Waals surface area (Å²) in [6.45, 7) is 12.9. The Morgan fingerprint density at radius 1 is 1.08 bits per heavy atom. The van der Waals surface area contributed by atoms with E-state index in [0.29, 0.717) is 18.8 Å². The summed E-state index contributed by atoms with van der Waals surface area (Å²) in [7, 11) is 0. The first-order valence-corrected chi connectivity index (χ1v) is 12.9. The number of rotatable bonds is 4. The van der Waals surface area contributed by atoms with Crippen LogP contribution < -0.4 is 20.3 Å². The van der Waals surface area contributed by atoms with Crippen molar-refractivity contribution in [1.82, 2.24) is 10.2 Å². The number of nitrogens with zero attached hydrogens (tertiary/aromatic N) is 2. The van der Waals surface area contributed by atoms with Gasteiger partial charge in [0.2, 0.25) is 5.91 Å². The number of aryl methyl sites for hydroxylation is 1. The van der Waals surface area contributed by atoms with Gasteiger partial charge in [-0.25, -0.2) is 9.18 Å². The number of fused-ring (bicyclic) bond motifs is 1. The molecule has 204 valence electrons. The van der Waals surface area contributed by atoms with Crippen LogP contribution in [0.4, 0.5) is 20.6 Å². The van der Waals surface area contributed by atoms with E-state index in [9.17, 15) is 18.8 Å². The van der Waals surface area contributed by atoms with Gasteiger partial charge in [0.15, 0.2) is 0 Å². The lowest BCUT2D eigenvalue weighted by molar-refractivity contribution is -0.137. The molecule has 2 N–H and O–H groups in total. The number of nitrogens with one attached hydrogen (secondary N) is 2. The van der Waals surface area contributed by atoms with Gasteiger partial charge in [-0.05, 0) is 60.9 Å². The maximum absolute atomic E-state index is 14.1. The van der Waals surface area contributed by atoms with Crippen molar-refractivity contribution in [1.29, 1.82) is 0 Å². The van der Waals surface area contributed by atoms with Crippen LogP contribution in [0.1, 0.15) is 46.6 Å². The second-order valence-electron chi connectivity index (χ2n) is 12.1. The number of hydrogen-bond donors (Lipinski definition) is 2. The summed E-state index contributed by atoms with van der Waals surface area (Å²) in [4.78, 5) is 43.4. The van der Waals surface area contributed by atoms with Gasteiger partial charge in [-0.2, -0.15) is 0 Å². The van der Waals surface area contributed by atoms with E-state index in [1.54, 1.807) is 24.0 Å².